The van der Waals surface area contributed by atoms with Crippen LogP contribution in [0.4, 0.5) is 0 Å². The lowest BCUT2D eigenvalue weighted by atomic mass is 10.1. The normalized spacial score (nSPS) is 13.2. The first-order valence-corrected chi connectivity index (χ1v) is 20.8. The molecule has 0 aliphatic carbocycles. The van der Waals surface area contributed by atoms with Crippen molar-refractivity contribution in [3.63, 3.8) is 0 Å². The summed E-state index contributed by atoms with van der Waals surface area (Å²) in [5, 5.41) is 9.57. The molecule has 1 N–H and O–H groups in total. The molecule has 0 bridgehead atoms. The minimum Gasteiger partial charge on any atom is -0.462 e. The summed E-state index contributed by atoms with van der Waals surface area (Å²) in [5.41, 5.74) is 0. The highest BCUT2D eigenvalue weighted by Gasteiger charge is 2.16. The molecular weight excluding hydrogens is 645 g/mol. The molecule has 0 aliphatic heterocycles. The SMILES string of the molecule is CC/C=C\C/C=C\C/C=C\C/C=C\C/C=C\C/C=C\CCCCC(=O)OC(CO)COC(=O)CCCCCCCCC/C=C\C/C=C\CCCCC. The molecule has 52 heavy (non-hydrogen) atoms. The van der Waals surface area contributed by atoms with Crippen molar-refractivity contribution in [3.05, 3.63) is 97.2 Å². The highest BCUT2D eigenvalue weighted by Crippen LogP contribution is 2.11. The zero-order valence-electron chi connectivity index (χ0n) is 33.3. The highest BCUT2D eigenvalue weighted by molar-refractivity contribution is 5.70. The average molecular weight is 721 g/mol. The van der Waals surface area contributed by atoms with Crippen LogP contribution in [0.5, 0.6) is 0 Å². The molecule has 1 unspecified atom stereocenters. The van der Waals surface area contributed by atoms with Crippen molar-refractivity contribution in [1.29, 1.82) is 0 Å². The fourth-order valence-electron chi connectivity index (χ4n) is 5.23. The molecule has 5 heteroatoms. The summed E-state index contributed by atoms with van der Waals surface area (Å²) >= 11 is 0. The Morgan fingerprint density at radius 3 is 1.29 bits per heavy atom. The van der Waals surface area contributed by atoms with Gasteiger partial charge in [-0.25, -0.2) is 0 Å². The van der Waals surface area contributed by atoms with E-state index < -0.39 is 6.10 Å². The largest absolute Gasteiger partial charge is 0.462 e. The highest BCUT2D eigenvalue weighted by atomic mass is 16.6. The number of ether oxygens (including phenoxy) is 2. The standard InChI is InChI=1S/C47H76O5/c1-3-5-7-9-11-13-15-17-19-21-22-23-24-26-28-30-32-34-36-38-40-42-47(50)52-45(43-48)44-51-46(49)41-39-37-35-33-31-29-27-25-20-18-16-14-12-10-8-6-4-2/h5,7,11-14,17-20,22-23,26,28,32,34,45,48H,3-4,6,8-10,15-16,21,24-25,27,29-31,33,35-44H2,1-2H3/b7-5-,13-11-,14-12-,19-17-,20-18-,23-22-,28-26-,34-32-. The van der Waals surface area contributed by atoms with Gasteiger partial charge in [-0.1, -0.05) is 156 Å². The van der Waals surface area contributed by atoms with Crippen LogP contribution in [0.15, 0.2) is 97.2 Å². The summed E-state index contributed by atoms with van der Waals surface area (Å²) < 4.78 is 10.6. The first kappa shape index (κ1) is 48.8. The van der Waals surface area contributed by atoms with Gasteiger partial charge < -0.3 is 14.6 Å². The van der Waals surface area contributed by atoms with Crippen LogP contribution in [0.25, 0.3) is 0 Å². The lowest BCUT2D eigenvalue weighted by Crippen LogP contribution is -2.28. The third kappa shape index (κ3) is 39.6. The predicted octanol–water partition coefficient (Wildman–Crippen LogP) is 13.3. The van der Waals surface area contributed by atoms with Crippen molar-refractivity contribution in [1.82, 2.24) is 0 Å². The summed E-state index contributed by atoms with van der Waals surface area (Å²) in [6, 6.07) is 0. The number of aliphatic hydroxyl groups excluding tert-OH is 1. The Bertz CT molecular complexity index is 1040. The quantitative estimate of drug-likeness (QED) is 0.0396. The van der Waals surface area contributed by atoms with Crippen molar-refractivity contribution in [2.24, 2.45) is 0 Å². The summed E-state index contributed by atoms with van der Waals surface area (Å²) in [4.78, 5) is 24.3. The van der Waals surface area contributed by atoms with Gasteiger partial charge in [0.15, 0.2) is 6.10 Å². The summed E-state index contributed by atoms with van der Waals surface area (Å²) in [7, 11) is 0. The van der Waals surface area contributed by atoms with Crippen molar-refractivity contribution in [2.45, 2.75) is 174 Å². The number of rotatable bonds is 36. The summed E-state index contributed by atoms with van der Waals surface area (Å²) in [5.74, 6) is -0.660. The first-order valence-electron chi connectivity index (χ1n) is 20.8. The van der Waals surface area contributed by atoms with E-state index in [4.69, 9.17) is 9.47 Å². The lowest BCUT2D eigenvalue weighted by Gasteiger charge is -2.15. The molecule has 0 amide bonds. The molecule has 1 atom stereocenters. The van der Waals surface area contributed by atoms with E-state index in [1.165, 1.54) is 51.4 Å². The number of carbonyl (C=O) groups excluding carboxylic acids is 2. The second kappa shape index (κ2) is 42.2. The Labute approximate surface area is 319 Å². The van der Waals surface area contributed by atoms with Gasteiger partial charge in [-0.15, -0.1) is 0 Å². The van der Waals surface area contributed by atoms with E-state index in [1.54, 1.807) is 0 Å². The third-order valence-electron chi connectivity index (χ3n) is 8.36. The van der Waals surface area contributed by atoms with Gasteiger partial charge in [-0.2, -0.15) is 0 Å². The number of unbranched alkanes of at least 4 members (excludes halogenated alkanes) is 12. The number of esters is 2. The van der Waals surface area contributed by atoms with Crippen LogP contribution in [-0.4, -0.2) is 36.4 Å². The van der Waals surface area contributed by atoms with Crippen molar-refractivity contribution >= 4 is 11.9 Å². The number of carbonyl (C=O) groups is 2. The molecule has 0 radical (unpaired) electrons. The number of hydrogen-bond donors (Lipinski definition) is 1. The van der Waals surface area contributed by atoms with E-state index in [1.807, 2.05) is 0 Å². The maximum absolute atomic E-state index is 12.2. The first-order chi connectivity index (χ1) is 25.6. The Kier molecular flexibility index (Phi) is 39.7. The third-order valence-corrected chi connectivity index (χ3v) is 8.36. The van der Waals surface area contributed by atoms with E-state index in [2.05, 4.69) is 111 Å². The Morgan fingerprint density at radius 1 is 0.462 bits per heavy atom. The second-order valence-electron chi connectivity index (χ2n) is 13.3. The molecule has 0 aromatic rings. The van der Waals surface area contributed by atoms with Crippen LogP contribution in [0.3, 0.4) is 0 Å². The van der Waals surface area contributed by atoms with E-state index in [9.17, 15) is 14.7 Å². The van der Waals surface area contributed by atoms with Crippen LogP contribution < -0.4 is 0 Å². The maximum atomic E-state index is 12.2. The minimum atomic E-state index is -0.804. The van der Waals surface area contributed by atoms with Gasteiger partial charge in [0.2, 0.25) is 0 Å². The Balaban J connectivity index is 3.70. The van der Waals surface area contributed by atoms with Crippen molar-refractivity contribution < 1.29 is 24.2 Å². The molecular formula is C47H76O5. The van der Waals surface area contributed by atoms with Gasteiger partial charge in [-0.3, -0.25) is 9.59 Å². The van der Waals surface area contributed by atoms with Gasteiger partial charge >= 0.3 is 11.9 Å². The van der Waals surface area contributed by atoms with Crippen LogP contribution >= 0.6 is 0 Å². The minimum absolute atomic E-state index is 0.0939. The molecule has 0 rings (SSSR count). The zero-order chi connectivity index (χ0) is 37.8. The van der Waals surface area contributed by atoms with Gasteiger partial charge in [0.05, 0.1) is 6.61 Å². The molecule has 0 saturated heterocycles. The van der Waals surface area contributed by atoms with Gasteiger partial charge in [-0.05, 0) is 96.3 Å². The summed E-state index contributed by atoms with van der Waals surface area (Å²) in [6.07, 6.45) is 58.9. The van der Waals surface area contributed by atoms with Crippen LogP contribution in [0.1, 0.15) is 168 Å². The topological polar surface area (TPSA) is 72.8 Å². The van der Waals surface area contributed by atoms with Gasteiger partial charge in [0, 0.05) is 12.8 Å². The number of hydrogen-bond acceptors (Lipinski definition) is 5. The number of aliphatic hydroxyl groups is 1. The number of allylic oxidation sites excluding steroid dienone is 16. The van der Waals surface area contributed by atoms with Crippen molar-refractivity contribution in [2.75, 3.05) is 13.2 Å². The second-order valence-corrected chi connectivity index (χ2v) is 13.3. The molecule has 0 fully saturated rings. The molecule has 0 saturated carbocycles. The molecule has 0 aromatic heterocycles. The van der Waals surface area contributed by atoms with E-state index in [0.717, 1.165) is 89.9 Å². The smallest absolute Gasteiger partial charge is 0.306 e. The van der Waals surface area contributed by atoms with E-state index in [-0.39, 0.29) is 25.2 Å². The van der Waals surface area contributed by atoms with Gasteiger partial charge in [0.1, 0.15) is 6.61 Å². The molecule has 0 heterocycles. The lowest BCUT2D eigenvalue weighted by molar-refractivity contribution is -0.161. The predicted molar refractivity (Wildman–Crippen MR) is 223 cm³/mol. The van der Waals surface area contributed by atoms with E-state index in [0.29, 0.717) is 12.8 Å². The van der Waals surface area contributed by atoms with Crippen molar-refractivity contribution in [3.8, 4) is 0 Å². The summed E-state index contributed by atoms with van der Waals surface area (Å²) in [6.45, 7) is 3.94. The van der Waals surface area contributed by atoms with E-state index >= 15 is 0 Å². The molecule has 0 spiro atoms. The molecule has 0 aliphatic rings. The fourth-order valence-corrected chi connectivity index (χ4v) is 5.23. The maximum Gasteiger partial charge on any atom is 0.306 e. The average Bonchev–Trinajstić information content (AvgIpc) is 3.15. The molecule has 5 nitrogen and oxygen atoms in total. The van der Waals surface area contributed by atoms with Crippen LogP contribution in [0.2, 0.25) is 0 Å². The molecule has 294 valence electrons. The fraction of sp³-hybridized carbons (Fsp3) is 0.617. The Hall–Kier alpha value is -3.18. The monoisotopic (exact) mass is 721 g/mol. The Morgan fingerprint density at radius 2 is 0.827 bits per heavy atom. The van der Waals surface area contributed by atoms with Gasteiger partial charge in [0.25, 0.3) is 0 Å². The molecule has 0 aromatic carbocycles. The van der Waals surface area contributed by atoms with Crippen LogP contribution in [0, 0.1) is 0 Å². The zero-order valence-corrected chi connectivity index (χ0v) is 33.3. The van der Waals surface area contributed by atoms with Crippen LogP contribution in [-0.2, 0) is 19.1 Å².